The van der Waals surface area contributed by atoms with Gasteiger partial charge in [-0.15, -0.1) is 11.3 Å². The Hall–Kier alpha value is 0.250. The third kappa shape index (κ3) is 1.94. The van der Waals surface area contributed by atoms with Crippen molar-refractivity contribution < 1.29 is 8.78 Å². The number of alkyl halides is 2. The van der Waals surface area contributed by atoms with Gasteiger partial charge in [0, 0.05) is 12.7 Å². The molecule has 0 saturated heterocycles. The zero-order valence-corrected chi connectivity index (χ0v) is 11.3. The van der Waals surface area contributed by atoms with Gasteiger partial charge < -0.3 is 0 Å². The molecule has 14 heavy (non-hydrogen) atoms. The quantitative estimate of drug-likeness (QED) is 0.588. The van der Waals surface area contributed by atoms with Gasteiger partial charge in [0.05, 0.1) is 4.88 Å². The molecule has 0 spiro atoms. The van der Waals surface area contributed by atoms with Crippen LogP contribution in [0.1, 0.15) is 11.3 Å². The predicted octanol–water partition coefficient (Wildman–Crippen LogP) is 5.21. The molecule has 0 bridgehead atoms. The van der Waals surface area contributed by atoms with Crippen LogP contribution in [0.4, 0.5) is 8.78 Å². The molecular formula is C9H4BrF2IS. The van der Waals surface area contributed by atoms with Crippen LogP contribution in [0.3, 0.4) is 0 Å². The molecule has 0 atom stereocenters. The third-order valence-electron chi connectivity index (χ3n) is 1.79. The van der Waals surface area contributed by atoms with Gasteiger partial charge in [-0.05, 0) is 62.1 Å². The summed E-state index contributed by atoms with van der Waals surface area (Å²) in [6.45, 7) is 0. The fourth-order valence-electron chi connectivity index (χ4n) is 1.16. The number of benzene rings is 1. The van der Waals surface area contributed by atoms with Crippen LogP contribution in [0.15, 0.2) is 22.7 Å². The molecular weight excluding hydrogens is 385 g/mol. The van der Waals surface area contributed by atoms with E-state index >= 15 is 0 Å². The van der Waals surface area contributed by atoms with Crippen LogP contribution in [0.5, 0.6) is 0 Å². The Kier molecular flexibility index (Phi) is 3.09. The Morgan fingerprint density at radius 1 is 1.29 bits per heavy atom. The highest BCUT2D eigenvalue weighted by molar-refractivity contribution is 14.1. The number of rotatable bonds is 1. The summed E-state index contributed by atoms with van der Waals surface area (Å²) >= 11 is 6.70. The first-order chi connectivity index (χ1) is 6.58. The molecule has 0 aliphatic heterocycles. The fraction of sp³-hybridized carbons (Fsp3) is 0.111. The van der Waals surface area contributed by atoms with E-state index in [2.05, 4.69) is 38.5 Å². The highest BCUT2D eigenvalue weighted by Crippen LogP contribution is 2.35. The summed E-state index contributed by atoms with van der Waals surface area (Å²) in [5.41, 5.74) is 0. The Balaban J connectivity index is 2.66. The molecule has 5 heteroatoms. The molecule has 0 nitrogen and oxygen atoms in total. The van der Waals surface area contributed by atoms with E-state index in [0.29, 0.717) is 0 Å². The number of fused-ring (bicyclic) bond motifs is 1. The molecule has 2 rings (SSSR count). The van der Waals surface area contributed by atoms with Gasteiger partial charge in [0.25, 0.3) is 6.43 Å². The van der Waals surface area contributed by atoms with Crippen molar-refractivity contribution in [3.05, 3.63) is 31.1 Å². The average Bonchev–Trinajstić information content (AvgIpc) is 2.48. The van der Waals surface area contributed by atoms with E-state index in [4.69, 9.17) is 0 Å². The van der Waals surface area contributed by atoms with Crippen LogP contribution in [-0.4, -0.2) is 0 Å². The molecule has 0 fully saturated rings. The van der Waals surface area contributed by atoms with Crippen LogP contribution in [-0.2, 0) is 0 Å². The van der Waals surface area contributed by atoms with Crippen molar-refractivity contribution in [3.8, 4) is 0 Å². The lowest BCUT2D eigenvalue weighted by molar-refractivity contribution is 0.156. The Labute approximate surface area is 106 Å². The van der Waals surface area contributed by atoms with Crippen molar-refractivity contribution in [2.24, 2.45) is 0 Å². The number of hydrogen-bond acceptors (Lipinski definition) is 1. The number of hydrogen-bond donors (Lipinski definition) is 0. The summed E-state index contributed by atoms with van der Waals surface area (Å²) < 4.78 is 27.7. The molecule has 0 aliphatic rings. The topological polar surface area (TPSA) is 0 Å². The van der Waals surface area contributed by atoms with Gasteiger partial charge in [0.2, 0.25) is 0 Å². The largest absolute Gasteiger partial charge is 0.272 e. The molecule has 0 N–H and O–H groups in total. The fourth-order valence-corrected chi connectivity index (χ4v) is 3.14. The minimum atomic E-state index is -2.37. The summed E-state index contributed by atoms with van der Waals surface area (Å²) in [5, 5.41) is 0.873. The monoisotopic (exact) mass is 388 g/mol. The maximum atomic E-state index is 12.4. The SMILES string of the molecule is FC(F)c1cc2cc(Br)c(I)cc2s1. The van der Waals surface area contributed by atoms with Gasteiger partial charge in [0.1, 0.15) is 0 Å². The summed E-state index contributed by atoms with van der Waals surface area (Å²) in [4.78, 5) is 0.133. The standard InChI is InChI=1S/C9H4BrF2IS/c10-5-1-4-2-8(9(11)12)14-7(4)3-6(5)13/h1-3,9H. The molecule has 74 valence electrons. The molecule has 0 amide bonds. The molecule has 1 aromatic carbocycles. The molecule has 0 saturated carbocycles. The van der Waals surface area contributed by atoms with E-state index < -0.39 is 6.43 Å². The van der Waals surface area contributed by atoms with E-state index in [-0.39, 0.29) is 4.88 Å². The summed E-state index contributed by atoms with van der Waals surface area (Å²) in [5.74, 6) is 0. The van der Waals surface area contributed by atoms with Gasteiger partial charge >= 0.3 is 0 Å². The maximum absolute atomic E-state index is 12.4. The van der Waals surface area contributed by atoms with Crippen molar-refractivity contribution in [1.29, 1.82) is 0 Å². The van der Waals surface area contributed by atoms with E-state index in [1.54, 1.807) is 6.07 Å². The highest BCUT2D eigenvalue weighted by Gasteiger charge is 2.12. The lowest BCUT2D eigenvalue weighted by Crippen LogP contribution is -1.73. The molecule has 0 unspecified atom stereocenters. The number of thiophene rings is 1. The van der Waals surface area contributed by atoms with Crippen molar-refractivity contribution >= 4 is 59.9 Å². The Morgan fingerprint density at radius 3 is 2.64 bits per heavy atom. The Morgan fingerprint density at radius 2 is 2.00 bits per heavy atom. The van der Waals surface area contributed by atoms with Crippen molar-refractivity contribution in [2.75, 3.05) is 0 Å². The van der Waals surface area contributed by atoms with Gasteiger partial charge in [-0.25, -0.2) is 8.78 Å². The second-order valence-electron chi connectivity index (χ2n) is 2.75. The van der Waals surface area contributed by atoms with E-state index in [0.717, 1.165) is 29.5 Å². The Bertz CT molecular complexity index is 442. The summed E-state index contributed by atoms with van der Waals surface area (Å²) in [7, 11) is 0. The molecule has 0 radical (unpaired) electrons. The first-order valence-electron chi connectivity index (χ1n) is 3.74. The normalized spacial score (nSPS) is 11.5. The third-order valence-corrected chi connectivity index (χ3v) is 5.19. The average molecular weight is 389 g/mol. The first kappa shape index (κ1) is 10.8. The molecule has 1 heterocycles. The minimum Gasteiger partial charge on any atom is -0.204 e. The molecule has 2 aromatic rings. The second kappa shape index (κ2) is 4.02. The zero-order chi connectivity index (χ0) is 10.3. The summed E-state index contributed by atoms with van der Waals surface area (Å²) in [6.07, 6.45) is -2.37. The smallest absolute Gasteiger partial charge is 0.204 e. The van der Waals surface area contributed by atoms with E-state index in [1.165, 1.54) is 0 Å². The van der Waals surface area contributed by atoms with Crippen LogP contribution < -0.4 is 0 Å². The van der Waals surface area contributed by atoms with Crippen molar-refractivity contribution in [3.63, 3.8) is 0 Å². The van der Waals surface area contributed by atoms with Crippen LogP contribution in [0.25, 0.3) is 10.1 Å². The maximum Gasteiger partial charge on any atom is 0.272 e. The molecule has 0 aliphatic carbocycles. The van der Waals surface area contributed by atoms with Crippen LogP contribution in [0.2, 0.25) is 0 Å². The van der Waals surface area contributed by atoms with Gasteiger partial charge in [0.15, 0.2) is 0 Å². The second-order valence-corrected chi connectivity index (χ2v) is 5.89. The molecule has 1 aromatic heterocycles. The zero-order valence-electron chi connectivity index (χ0n) is 6.73. The minimum absolute atomic E-state index is 0.133. The van der Waals surface area contributed by atoms with E-state index in [9.17, 15) is 8.78 Å². The predicted molar refractivity (Wildman–Crippen MR) is 67.2 cm³/mol. The van der Waals surface area contributed by atoms with Gasteiger partial charge in [-0.3, -0.25) is 0 Å². The van der Waals surface area contributed by atoms with Crippen LogP contribution >= 0.6 is 49.9 Å². The summed E-state index contributed by atoms with van der Waals surface area (Å²) in [6, 6.07) is 5.33. The highest BCUT2D eigenvalue weighted by atomic mass is 127. The van der Waals surface area contributed by atoms with Gasteiger partial charge in [-0.1, -0.05) is 0 Å². The van der Waals surface area contributed by atoms with E-state index in [1.807, 2.05) is 12.1 Å². The number of halogens is 4. The lowest BCUT2D eigenvalue weighted by Gasteiger charge is -1.94. The lowest BCUT2D eigenvalue weighted by atomic mass is 10.2. The van der Waals surface area contributed by atoms with Crippen LogP contribution in [0, 0.1) is 3.57 Å². The van der Waals surface area contributed by atoms with Crippen molar-refractivity contribution in [2.45, 2.75) is 6.43 Å². The first-order valence-corrected chi connectivity index (χ1v) is 6.43. The van der Waals surface area contributed by atoms with Crippen molar-refractivity contribution in [1.82, 2.24) is 0 Å². The van der Waals surface area contributed by atoms with Gasteiger partial charge in [-0.2, -0.15) is 0 Å².